The summed E-state index contributed by atoms with van der Waals surface area (Å²) >= 11 is 0. The van der Waals surface area contributed by atoms with Crippen molar-refractivity contribution in [2.24, 2.45) is 0 Å². The number of rotatable bonds is 1. The van der Waals surface area contributed by atoms with Crippen LogP contribution in [0.2, 0.25) is 0 Å². The fourth-order valence-corrected chi connectivity index (χ4v) is 0.836. The molecular formula is C5H8F2N2O. The Kier molecular flexibility index (Phi) is 2.16. The summed E-state index contributed by atoms with van der Waals surface area (Å²) in [4.78, 5) is 10.5. The first kappa shape index (κ1) is 7.40. The number of halogens is 2. The first-order valence-electron chi connectivity index (χ1n) is 3.05. The first-order valence-corrected chi connectivity index (χ1v) is 3.05. The average molecular weight is 150 g/mol. The van der Waals surface area contributed by atoms with E-state index in [4.69, 9.17) is 0 Å². The number of amides is 1. The molecule has 0 aromatic rings. The molecule has 0 aliphatic carbocycles. The SMILES string of the molecule is O=C(C(F)F)N1CCCN1. The minimum absolute atomic E-state index is 0.392. The molecule has 5 heteroatoms. The fraction of sp³-hybridized carbons (Fsp3) is 0.800. The van der Waals surface area contributed by atoms with Crippen LogP contribution in [0.15, 0.2) is 0 Å². The molecule has 0 aromatic carbocycles. The maximum atomic E-state index is 11.6. The Morgan fingerprint density at radius 2 is 2.30 bits per heavy atom. The van der Waals surface area contributed by atoms with Gasteiger partial charge in [-0.1, -0.05) is 0 Å². The Morgan fingerprint density at radius 1 is 1.60 bits per heavy atom. The van der Waals surface area contributed by atoms with E-state index in [0.29, 0.717) is 13.1 Å². The van der Waals surface area contributed by atoms with Gasteiger partial charge >= 0.3 is 12.3 Å². The third-order valence-electron chi connectivity index (χ3n) is 1.31. The second-order valence-corrected chi connectivity index (χ2v) is 2.05. The van der Waals surface area contributed by atoms with Gasteiger partial charge in [0.15, 0.2) is 0 Å². The predicted octanol–water partition coefficient (Wildman–Crippen LogP) is -0.0116. The van der Waals surface area contributed by atoms with Crippen LogP contribution < -0.4 is 5.43 Å². The molecule has 1 heterocycles. The lowest BCUT2D eigenvalue weighted by atomic mass is 10.4. The highest BCUT2D eigenvalue weighted by atomic mass is 19.3. The van der Waals surface area contributed by atoms with E-state index < -0.39 is 12.3 Å². The summed E-state index contributed by atoms with van der Waals surface area (Å²) in [5.74, 6) is -1.13. The van der Waals surface area contributed by atoms with Crippen molar-refractivity contribution in [3.05, 3.63) is 0 Å². The second-order valence-electron chi connectivity index (χ2n) is 2.05. The third-order valence-corrected chi connectivity index (χ3v) is 1.31. The summed E-state index contributed by atoms with van der Waals surface area (Å²) < 4.78 is 23.3. The molecule has 10 heavy (non-hydrogen) atoms. The first-order chi connectivity index (χ1) is 4.72. The van der Waals surface area contributed by atoms with Crippen molar-refractivity contribution in [1.29, 1.82) is 0 Å². The van der Waals surface area contributed by atoms with Gasteiger partial charge in [0.25, 0.3) is 0 Å². The molecule has 1 amide bonds. The molecule has 0 spiro atoms. The number of carbonyl (C=O) groups excluding carboxylic acids is 1. The van der Waals surface area contributed by atoms with Crippen LogP contribution in [0.25, 0.3) is 0 Å². The Balaban J connectivity index is 2.40. The zero-order valence-corrected chi connectivity index (χ0v) is 5.31. The van der Waals surface area contributed by atoms with Crippen molar-refractivity contribution < 1.29 is 13.6 Å². The lowest BCUT2D eigenvalue weighted by Crippen LogP contribution is -2.40. The molecule has 1 aliphatic heterocycles. The predicted molar refractivity (Wildman–Crippen MR) is 30.3 cm³/mol. The van der Waals surface area contributed by atoms with E-state index in [9.17, 15) is 13.6 Å². The van der Waals surface area contributed by atoms with Crippen molar-refractivity contribution in [3.8, 4) is 0 Å². The standard InChI is InChI=1S/C5H8F2N2O/c6-4(7)5(10)9-3-1-2-8-9/h4,8H,1-3H2. The average Bonchev–Trinajstić information content (AvgIpc) is 2.36. The van der Waals surface area contributed by atoms with Crippen LogP contribution >= 0.6 is 0 Å². The Hall–Kier alpha value is -0.710. The largest absolute Gasteiger partial charge is 0.317 e. The molecule has 0 saturated carbocycles. The molecule has 0 aromatic heterocycles. The minimum atomic E-state index is -2.88. The molecule has 1 fully saturated rings. The number of alkyl halides is 2. The monoisotopic (exact) mass is 150 g/mol. The molecule has 1 rings (SSSR count). The smallest absolute Gasteiger partial charge is 0.273 e. The highest BCUT2D eigenvalue weighted by Gasteiger charge is 2.25. The zero-order chi connectivity index (χ0) is 7.56. The van der Waals surface area contributed by atoms with E-state index in [0.717, 1.165) is 11.4 Å². The topological polar surface area (TPSA) is 32.3 Å². The maximum absolute atomic E-state index is 11.6. The summed E-state index contributed by atoms with van der Waals surface area (Å²) in [6.07, 6.45) is -2.14. The van der Waals surface area contributed by atoms with Crippen molar-refractivity contribution in [2.45, 2.75) is 12.8 Å². The molecule has 1 saturated heterocycles. The van der Waals surface area contributed by atoms with E-state index in [1.165, 1.54) is 0 Å². The van der Waals surface area contributed by atoms with Crippen molar-refractivity contribution >= 4 is 5.91 Å². The Morgan fingerprint density at radius 3 is 2.70 bits per heavy atom. The maximum Gasteiger partial charge on any atom is 0.317 e. The summed E-state index contributed by atoms with van der Waals surface area (Å²) in [6, 6.07) is 0. The molecule has 0 bridgehead atoms. The quantitative estimate of drug-likeness (QED) is 0.570. The third kappa shape index (κ3) is 1.41. The highest BCUT2D eigenvalue weighted by molar-refractivity contribution is 5.78. The number of nitrogens with one attached hydrogen (secondary N) is 1. The van der Waals surface area contributed by atoms with Crippen LogP contribution in [-0.4, -0.2) is 30.4 Å². The summed E-state index contributed by atoms with van der Waals surface area (Å²) in [5, 5.41) is 0.963. The van der Waals surface area contributed by atoms with E-state index in [1.807, 2.05) is 0 Å². The van der Waals surface area contributed by atoms with Gasteiger partial charge in [-0.25, -0.2) is 5.43 Å². The minimum Gasteiger partial charge on any atom is -0.273 e. The number of carbonyl (C=O) groups is 1. The molecule has 1 N–H and O–H groups in total. The van der Waals surface area contributed by atoms with Gasteiger partial charge in [0.05, 0.1) is 0 Å². The lowest BCUT2D eigenvalue weighted by molar-refractivity contribution is -0.144. The summed E-state index contributed by atoms with van der Waals surface area (Å²) in [6.45, 7) is 1.00. The van der Waals surface area contributed by atoms with E-state index in [-0.39, 0.29) is 0 Å². The number of hydrogen-bond donors (Lipinski definition) is 1. The molecule has 0 unspecified atom stereocenters. The molecule has 0 radical (unpaired) electrons. The van der Waals surface area contributed by atoms with Crippen LogP contribution in [0.1, 0.15) is 6.42 Å². The lowest BCUT2D eigenvalue weighted by Gasteiger charge is -2.13. The molecule has 1 aliphatic rings. The fourth-order valence-electron chi connectivity index (χ4n) is 0.836. The van der Waals surface area contributed by atoms with Gasteiger partial charge in [-0.2, -0.15) is 8.78 Å². The molecule has 3 nitrogen and oxygen atoms in total. The van der Waals surface area contributed by atoms with Gasteiger partial charge in [-0.3, -0.25) is 9.80 Å². The number of hydrogen-bond acceptors (Lipinski definition) is 2. The van der Waals surface area contributed by atoms with Crippen LogP contribution in [-0.2, 0) is 4.79 Å². The van der Waals surface area contributed by atoms with Gasteiger partial charge in [0.1, 0.15) is 0 Å². The van der Waals surface area contributed by atoms with E-state index in [1.54, 1.807) is 0 Å². The van der Waals surface area contributed by atoms with Gasteiger partial charge in [-0.15, -0.1) is 0 Å². The van der Waals surface area contributed by atoms with Gasteiger partial charge < -0.3 is 0 Å². The normalized spacial score (nSPS) is 18.5. The van der Waals surface area contributed by atoms with Crippen molar-refractivity contribution in [3.63, 3.8) is 0 Å². The van der Waals surface area contributed by atoms with Crippen LogP contribution in [0.4, 0.5) is 8.78 Å². The highest BCUT2D eigenvalue weighted by Crippen LogP contribution is 2.02. The Bertz CT molecular complexity index is 134. The van der Waals surface area contributed by atoms with Crippen molar-refractivity contribution in [1.82, 2.24) is 10.4 Å². The second kappa shape index (κ2) is 2.92. The number of nitrogens with zero attached hydrogens (tertiary/aromatic N) is 1. The zero-order valence-electron chi connectivity index (χ0n) is 5.31. The van der Waals surface area contributed by atoms with Crippen molar-refractivity contribution in [2.75, 3.05) is 13.1 Å². The molecule has 58 valence electrons. The van der Waals surface area contributed by atoms with Crippen LogP contribution in [0.5, 0.6) is 0 Å². The number of hydrazine groups is 1. The summed E-state index contributed by atoms with van der Waals surface area (Å²) in [7, 11) is 0. The van der Waals surface area contributed by atoms with Gasteiger partial charge in [-0.05, 0) is 6.42 Å². The van der Waals surface area contributed by atoms with E-state index in [2.05, 4.69) is 5.43 Å². The van der Waals surface area contributed by atoms with Crippen LogP contribution in [0, 0.1) is 0 Å². The molecular weight excluding hydrogens is 142 g/mol. The summed E-state index contributed by atoms with van der Waals surface area (Å²) in [5.41, 5.74) is 2.54. The van der Waals surface area contributed by atoms with Crippen LogP contribution in [0.3, 0.4) is 0 Å². The van der Waals surface area contributed by atoms with Gasteiger partial charge in [0, 0.05) is 13.1 Å². The molecule has 0 atom stereocenters. The Labute approximate surface area is 57.0 Å². The van der Waals surface area contributed by atoms with E-state index >= 15 is 0 Å². The van der Waals surface area contributed by atoms with Gasteiger partial charge in [0.2, 0.25) is 0 Å².